The number of aromatic nitrogens is 3. The molecule has 3 aromatic rings. The number of carbonyl (C=O) groups is 2. The van der Waals surface area contributed by atoms with Crippen molar-refractivity contribution in [3.8, 4) is 0 Å². The van der Waals surface area contributed by atoms with Gasteiger partial charge in [-0.2, -0.15) is 0 Å². The third-order valence-electron chi connectivity index (χ3n) is 5.28. The van der Waals surface area contributed by atoms with Crippen molar-refractivity contribution in [2.45, 2.75) is 45.7 Å². The standard InChI is InChI=1S/C22H31N9O2/c1-3-17-30-18-19(14-7-4-5-8-15(14)29-20(18)23)31(17)12-11-26-21(33)16(28-13(2)32)9-6-10-27-22(24)25/h4-5,7-8,16H,3,6,9-12H2,1-2H3,(H2,23,29)(H,26,33)(H,28,32)(H4,24,25,27). The lowest BCUT2D eigenvalue weighted by Gasteiger charge is -2.18. The SMILES string of the molecule is CCc1nc2c(N)nc3ccccc3c2n1CCNC(=O)C(CCCN=C(N)N)NC(C)=O. The van der Waals surface area contributed by atoms with Gasteiger partial charge in [-0.15, -0.1) is 0 Å². The van der Waals surface area contributed by atoms with Gasteiger partial charge in [-0.1, -0.05) is 25.1 Å². The second-order valence-electron chi connectivity index (χ2n) is 7.74. The first-order chi connectivity index (χ1) is 15.8. The van der Waals surface area contributed by atoms with E-state index in [0.29, 0.717) is 50.2 Å². The number of anilines is 1. The zero-order valence-corrected chi connectivity index (χ0v) is 19.0. The minimum Gasteiger partial charge on any atom is -0.382 e. The summed E-state index contributed by atoms with van der Waals surface area (Å²) in [4.78, 5) is 37.4. The lowest BCUT2D eigenvalue weighted by atomic mass is 10.1. The average Bonchev–Trinajstić information content (AvgIpc) is 3.15. The number of hydrogen-bond acceptors (Lipinski definition) is 6. The molecular formula is C22H31N9O2. The Balaban J connectivity index is 1.75. The number of nitrogens with zero attached hydrogens (tertiary/aromatic N) is 4. The number of guanidine groups is 1. The maximum Gasteiger partial charge on any atom is 0.242 e. The van der Waals surface area contributed by atoms with E-state index in [2.05, 4.69) is 25.2 Å². The molecule has 3 rings (SSSR count). The van der Waals surface area contributed by atoms with E-state index < -0.39 is 6.04 Å². The van der Waals surface area contributed by atoms with Gasteiger partial charge in [-0.3, -0.25) is 14.6 Å². The highest BCUT2D eigenvalue weighted by molar-refractivity contribution is 6.06. The van der Waals surface area contributed by atoms with Gasteiger partial charge in [0.2, 0.25) is 11.8 Å². The van der Waals surface area contributed by atoms with Crippen LogP contribution in [0.3, 0.4) is 0 Å². The summed E-state index contributed by atoms with van der Waals surface area (Å²) in [6.07, 6.45) is 1.68. The minimum atomic E-state index is -0.664. The Morgan fingerprint density at radius 1 is 1.21 bits per heavy atom. The van der Waals surface area contributed by atoms with Crippen LogP contribution in [0.5, 0.6) is 0 Å². The Morgan fingerprint density at radius 2 is 1.97 bits per heavy atom. The first kappa shape index (κ1) is 23.8. The number of imidazole rings is 1. The fourth-order valence-corrected chi connectivity index (χ4v) is 3.85. The first-order valence-electron chi connectivity index (χ1n) is 10.9. The molecular weight excluding hydrogens is 422 g/mol. The molecule has 1 aromatic carbocycles. The molecule has 2 aromatic heterocycles. The van der Waals surface area contributed by atoms with Gasteiger partial charge in [-0.25, -0.2) is 9.97 Å². The van der Waals surface area contributed by atoms with Crippen molar-refractivity contribution >= 4 is 45.5 Å². The van der Waals surface area contributed by atoms with Gasteiger partial charge in [0.1, 0.15) is 17.4 Å². The smallest absolute Gasteiger partial charge is 0.242 e. The average molecular weight is 454 g/mol. The molecule has 0 bridgehead atoms. The van der Waals surface area contributed by atoms with Crippen molar-refractivity contribution in [2.24, 2.45) is 16.5 Å². The zero-order valence-electron chi connectivity index (χ0n) is 19.0. The normalized spacial score (nSPS) is 11.9. The second kappa shape index (κ2) is 10.6. The van der Waals surface area contributed by atoms with Crippen LogP contribution < -0.4 is 27.8 Å². The Morgan fingerprint density at radius 3 is 2.67 bits per heavy atom. The predicted octanol–water partition coefficient (Wildman–Crippen LogP) is 0.404. The summed E-state index contributed by atoms with van der Waals surface area (Å²) in [6.45, 7) is 4.64. The molecule has 0 radical (unpaired) electrons. The Kier molecular flexibility index (Phi) is 7.65. The molecule has 2 amide bonds. The third kappa shape index (κ3) is 5.68. The number of hydrogen-bond donors (Lipinski definition) is 5. The van der Waals surface area contributed by atoms with Crippen molar-refractivity contribution in [1.29, 1.82) is 0 Å². The van der Waals surface area contributed by atoms with E-state index in [9.17, 15) is 9.59 Å². The summed E-state index contributed by atoms with van der Waals surface area (Å²) in [5.74, 6) is 0.703. The van der Waals surface area contributed by atoms with Crippen molar-refractivity contribution in [1.82, 2.24) is 25.2 Å². The number of aliphatic imine (C=N–C) groups is 1. The fourth-order valence-electron chi connectivity index (χ4n) is 3.85. The monoisotopic (exact) mass is 453 g/mol. The van der Waals surface area contributed by atoms with Crippen LogP contribution in [0.1, 0.15) is 32.5 Å². The Hall–Kier alpha value is -3.89. The topological polar surface area (TPSA) is 179 Å². The number of para-hydroxylation sites is 1. The van der Waals surface area contributed by atoms with E-state index in [0.717, 1.165) is 22.2 Å². The van der Waals surface area contributed by atoms with E-state index in [1.165, 1.54) is 6.92 Å². The van der Waals surface area contributed by atoms with Gasteiger partial charge in [0.15, 0.2) is 11.8 Å². The first-order valence-corrected chi connectivity index (χ1v) is 10.9. The molecule has 0 saturated carbocycles. The highest BCUT2D eigenvalue weighted by Crippen LogP contribution is 2.28. The number of nitrogens with two attached hydrogens (primary N) is 3. The molecule has 1 unspecified atom stereocenters. The maximum atomic E-state index is 12.8. The second-order valence-corrected chi connectivity index (χ2v) is 7.74. The molecule has 176 valence electrons. The number of carbonyl (C=O) groups excluding carboxylic acids is 2. The van der Waals surface area contributed by atoms with E-state index in [1.54, 1.807) is 0 Å². The molecule has 0 aliphatic heterocycles. The lowest BCUT2D eigenvalue weighted by molar-refractivity contribution is -0.128. The number of pyridine rings is 1. The van der Waals surface area contributed by atoms with Crippen molar-refractivity contribution < 1.29 is 9.59 Å². The molecule has 11 nitrogen and oxygen atoms in total. The van der Waals surface area contributed by atoms with Crippen molar-refractivity contribution in [2.75, 3.05) is 18.8 Å². The highest BCUT2D eigenvalue weighted by atomic mass is 16.2. The van der Waals surface area contributed by atoms with E-state index >= 15 is 0 Å². The van der Waals surface area contributed by atoms with Gasteiger partial charge in [0, 0.05) is 38.4 Å². The summed E-state index contributed by atoms with van der Waals surface area (Å²) in [7, 11) is 0. The Bertz CT molecular complexity index is 1180. The van der Waals surface area contributed by atoms with Crippen LogP contribution in [0.25, 0.3) is 21.9 Å². The van der Waals surface area contributed by atoms with Gasteiger partial charge in [-0.05, 0) is 18.9 Å². The fraction of sp³-hybridized carbons (Fsp3) is 0.409. The number of amides is 2. The molecule has 0 aliphatic carbocycles. The molecule has 0 aliphatic rings. The lowest BCUT2D eigenvalue weighted by Crippen LogP contribution is -2.46. The van der Waals surface area contributed by atoms with E-state index in [4.69, 9.17) is 22.2 Å². The molecule has 1 atom stereocenters. The summed E-state index contributed by atoms with van der Waals surface area (Å²) >= 11 is 0. The van der Waals surface area contributed by atoms with Gasteiger partial charge >= 0.3 is 0 Å². The number of benzene rings is 1. The molecule has 11 heteroatoms. The molecule has 0 saturated heterocycles. The van der Waals surface area contributed by atoms with Gasteiger partial charge < -0.3 is 32.4 Å². The quantitative estimate of drug-likeness (QED) is 0.167. The van der Waals surface area contributed by atoms with Crippen LogP contribution in [0, 0.1) is 0 Å². The number of rotatable bonds is 10. The predicted molar refractivity (Wildman–Crippen MR) is 129 cm³/mol. The number of fused-ring (bicyclic) bond motifs is 3. The molecule has 2 heterocycles. The molecule has 0 fully saturated rings. The molecule has 0 spiro atoms. The van der Waals surface area contributed by atoms with Gasteiger partial charge in [0.25, 0.3) is 0 Å². The number of nitrogens with one attached hydrogen (secondary N) is 2. The van der Waals surface area contributed by atoms with Gasteiger partial charge in [0.05, 0.1) is 11.0 Å². The summed E-state index contributed by atoms with van der Waals surface area (Å²) in [5, 5.41) is 6.56. The third-order valence-corrected chi connectivity index (χ3v) is 5.28. The van der Waals surface area contributed by atoms with Crippen molar-refractivity contribution in [3.05, 3.63) is 30.1 Å². The minimum absolute atomic E-state index is 0.00169. The number of nitrogen functional groups attached to an aromatic ring is 1. The van der Waals surface area contributed by atoms with Crippen LogP contribution in [-0.4, -0.2) is 51.4 Å². The van der Waals surface area contributed by atoms with Crippen LogP contribution in [0.4, 0.5) is 5.82 Å². The largest absolute Gasteiger partial charge is 0.382 e. The Labute approximate surface area is 191 Å². The maximum absolute atomic E-state index is 12.8. The summed E-state index contributed by atoms with van der Waals surface area (Å²) in [5.41, 5.74) is 19.2. The van der Waals surface area contributed by atoms with Crippen molar-refractivity contribution in [3.63, 3.8) is 0 Å². The summed E-state index contributed by atoms with van der Waals surface area (Å²) < 4.78 is 2.07. The van der Waals surface area contributed by atoms with Crippen LogP contribution in [-0.2, 0) is 22.6 Å². The van der Waals surface area contributed by atoms with Crippen LogP contribution >= 0.6 is 0 Å². The number of aryl methyl sites for hydroxylation is 1. The summed E-state index contributed by atoms with van der Waals surface area (Å²) in [6, 6.07) is 7.10. The van der Waals surface area contributed by atoms with Crippen LogP contribution in [0.15, 0.2) is 29.3 Å². The van der Waals surface area contributed by atoms with E-state index in [-0.39, 0.29) is 17.8 Å². The highest BCUT2D eigenvalue weighted by Gasteiger charge is 2.20. The molecule has 8 N–H and O–H groups in total. The molecule has 33 heavy (non-hydrogen) atoms. The van der Waals surface area contributed by atoms with Crippen LogP contribution in [0.2, 0.25) is 0 Å². The van der Waals surface area contributed by atoms with E-state index in [1.807, 2.05) is 31.2 Å². The zero-order chi connectivity index (χ0) is 24.0.